The van der Waals surface area contributed by atoms with Gasteiger partial charge < -0.3 is 19.0 Å². The number of hydrogen-bond donors (Lipinski definition) is 0. The lowest BCUT2D eigenvalue weighted by Crippen LogP contribution is -2.45. The first kappa shape index (κ1) is 25.2. The number of ether oxygens (including phenoxy) is 1. The molecule has 0 unspecified atom stereocenters. The Morgan fingerprint density at radius 3 is 2.26 bits per heavy atom. The van der Waals surface area contributed by atoms with Crippen molar-refractivity contribution in [3.63, 3.8) is 0 Å². The van der Waals surface area contributed by atoms with Crippen molar-refractivity contribution in [1.29, 1.82) is 0 Å². The van der Waals surface area contributed by atoms with Gasteiger partial charge in [-0.2, -0.15) is 0 Å². The minimum atomic E-state index is -0.336. The summed E-state index contributed by atoms with van der Waals surface area (Å²) in [4.78, 5) is 29.4. The summed E-state index contributed by atoms with van der Waals surface area (Å²) in [6, 6.07) is 19.2. The van der Waals surface area contributed by atoms with E-state index in [0.717, 1.165) is 11.1 Å². The largest absolute Gasteiger partial charge is 0.467 e. The van der Waals surface area contributed by atoms with Gasteiger partial charge in [-0.15, -0.1) is 0 Å². The Hall–Kier alpha value is -3.45. The summed E-state index contributed by atoms with van der Waals surface area (Å²) in [5.74, 6) is 0.0113. The predicted octanol–water partition coefficient (Wildman–Crippen LogP) is 4.65. The standard InChI is InChI=1S/C27H31FN2O4/c1-21(2)15-29(27(32)20-33-19-23-7-4-3-5-8-23)18-26(31)30(17-25-9-6-14-34-25)16-22-10-12-24(28)13-11-22/h3-14,21H,15-20H2,1-2H3. The van der Waals surface area contributed by atoms with E-state index in [-0.39, 0.29) is 49.8 Å². The summed E-state index contributed by atoms with van der Waals surface area (Å²) in [5, 5.41) is 0. The van der Waals surface area contributed by atoms with Crippen LogP contribution in [0, 0.1) is 11.7 Å². The maximum atomic E-state index is 13.3. The quantitative estimate of drug-likeness (QED) is 0.390. The van der Waals surface area contributed by atoms with Crippen molar-refractivity contribution >= 4 is 11.8 Å². The van der Waals surface area contributed by atoms with Gasteiger partial charge >= 0.3 is 0 Å². The average molecular weight is 467 g/mol. The third-order valence-corrected chi connectivity index (χ3v) is 5.17. The van der Waals surface area contributed by atoms with Crippen LogP contribution >= 0.6 is 0 Å². The fourth-order valence-corrected chi connectivity index (χ4v) is 3.51. The van der Waals surface area contributed by atoms with Gasteiger partial charge in [0.25, 0.3) is 0 Å². The Balaban J connectivity index is 1.66. The van der Waals surface area contributed by atoms with Gasteiger partial charge in [-0.1, -0.05) is 56.3 Å². The average Bonchev–Trinajstić information content (AvgIpc) is 3.33. The van der Waals surface area contributed by atoms with Gasteiger partial charge in [-0.25, -0.2) is 4.39 Å². The summed E-state index contributed by atoms with van der Waals surface area (Å²) in [6.07, 6.45) is 1.55. The van der Waals surface area contributed by atoms with Crippen molar-refractivity contribution in [3.8, 4) is 0 Å². The lowest BCUT2D eigenvalue weighted by molar-refractivity contribution is -0.144. The molecule has 0 saturated heterocycles. The molecule has 0 N–H and O–H groups in total. The highest BCUT2D eigenvalue weighted by atomic mass is 19.1. The van der Waals surface area contributed by atoms with Gasteiger partial charge in [-0.05, 0) is 41.3 Å². The van der Waals surface area contributed by atoms with E-state index in [9.17, 15) is 14.0 Å². The maximum absolute atomic E-state index is 13.3. The van der Waals surface area contributed by atoms with Crippen molar-refractivity contribution in [1.82, 2.24) is 9.80 Å². The molecule has 0 fully saturated rings. The molecule has 0 spiro atoms. The number of furan rings is 1. The van der Waals surface area contributed by atoms with Crippen molar-refractivity contribution in [2.75, 3.05) is 19.7 Å². The molecule has 2 amide bonds. The molecule has 0 aliphatic rings. The molecule has 7 heteroatoms. The molecule has 0 aliphatic heterocycles. The van der Waals surface area contributed by atoms with E-state index in [2.05, 4.69) is 0 Å². The van der Waals surface area contributed by atoms with Crippen LogP contribution < -0.4 is 0 Å². The first-order chi connectivity index (χ1) is 16.4. The monoisotopic (exact) mass is 466 g/mol. The minimum absolute atomic E-state index is 0.0758. The molecule has 34 heavy (non-hydrogen) atoms. The predicted molar refractivity (Wildman–Crippen MR) is 127 cm³/mol. The Labute approximate surface area is 199 Å². The van der Waals surface area contributed by atoms with E-state index >= 15 is 0 Å². The van der Waals surface area contributed by atoms with Crippen LogP contribution in [0.15, 0.2) is 77.4 Å². The summed E-state index contributed by atoms with van der Waals surface area (Å²) in [6.45, 7) is 5.09. The number of amides is 2. The number of benzene rings is 2. The first-order valence-corrected chi connectivity index (χ1v) is 11.3. The molecule has 3 aromatic rings. The van der Waals surface area contributed by atoms with Crippen molar-refractivity contribution in [2.45, 2.75) is 33.5 Å². The Kier molecular flexibility index (Phi) is 9.40. The van der Waals surface area contributed by atoms with Crippen LogP contribution in [0.4, 0.5) is 4.39 Å². The highest BCUT2D eigenvalue weighted by Crippen LogP contribution is 2.13. The molecule has 180 valence electrons. The van der Waals surface area contributed by atoms with Crippen LogP contribution in [-0.2, 0) is 34.0 Å². The summed E-state index contributed by atoms with van der Waals surface area (Å²) < 4.78 is 24.4. The third-order valence-electron chi connectivity index (χ3n) is 5.17. The Bertz CT molecular complexity index is 1020. The van der Waals surface area contributed by atoms with E-state index in [4.69, 9.17) is 9.15 Å². The highest BCUT2D eigenvalue weighted by Gasteiger charge is 2.23. The number of hydrogen-bond acceptors (Lipinski definition) is 4. The normalized spacial score (nSPS) is 10.9. The molecule has 0 saturated carbocycles. The number of carbonyl (C=O) groups excluding carboxylic acids is 2. The lowest BCUT2D eigenvalue weighted by atomic mass is 10.2. The van der Waals surface area contributed by atoms with E-state index in [1.165, 1.54) is 17.0 Å². The first-order valence-electron chi connectivity index (χ1n) is 11.3. The Morgan fingerprint density at radius 1 is 0.882 bits per heavy atom. The molecule has 0 bridgehead atoms. The zero-order valence-corrected chi connectivity index (χ0v) is 19.7. The smallest absolute Gasteiger partial charge is 0.249 e. The number of rotatable bonds is 12. The van der Waals surface area contributed by atoms with Crippen LogP contribution in [0.5, 0.6) is 0 Å². The van der Waals surface area contributed by atoms with Gasteiger partial charge in [0.2, 0.25) is 11.8 Å². The second-order valence-corrected chi connectivity index (χ2v) is 8.60. The fraction of sp³-hybridized carbons (Fsp3) is 0.333. The van der Waals surface area contributed by atoms with Crippen LogP contribution in [-0.4, -0.2) is 41.3 Å². The van der Waals surface area contributed by atoms with Gasteiger partial charge in [0.05, 0.1) is 26.0 Å². The van der Waals surface area contributed by atoms with E-state index < -0.39 is 0 Å². The highest BCUT2D eigenvalue weighted by molar-refractivity contribution is 5.85. The molecule has 0 aliphatic carbocycles. The molecule has 2 aromatic carbocycles. The van der Waals surface area contributed by atoms with Gasteiger partial charge in [0, 0.05) is 13.1 Å². The molecule has 6 nitrogen and oxygen atoms in total. The maximum Gasteiger partial charge on any atom is 0.249 e. The second-order valence-electron chi connectivity index (χ2n) is 8.60. The topological polar surface area (TPSA) is 63.0 Å². The molecule has 1 heterocycles. The van der Waals surface area contributed by atoms with Crippen LogP contribution in [0.25, 0.3) is 0 Å². The summed E-state index contributed by atoms with van der Waals surface area (Å²) in [5.41, 5.74) is 1.76. The van der Waals surface area contributed by atoms with E-state index in [0.29, 0.717) is 18.9 Å². The number of carbonyl (C=O) groups is 2. The molecule has 3 rings (SSSR count). The molecule has 0 atom stereocenters. The van der Waals surface area contributed by atoms with E-state index in [1.807, 2.05) is 44.2 Å². The second kappa shape index (κ2) is 12.7. The molecule has 0 radical (unpaired) electrons. The van der Waals surface area contributed by atoms with Crippen LogP contribution in [0.3, 0.4) is 0 Å². The number of nitrogens with zero attached hydrogens (tertiary/aromatic N) is 2. The van der Waals surface area contributed by atoms with Crippen LogP contribution in [0.1, 0.15) is 30.7 Å². The van der Waals surface area contributed by atoms with Gasteiger partial charge in [0.1, 0.15) is 18.2 Å². The number of halogens is 1. The molecular formula is C27H31FN2O4. The van der Waals surface area contributed by atoms with E-state index in [1.54, 1.807) is 35.4 Å². The van der Waals surface area contributed by atoms with Crippen molar-refractivity contribution < 1.29 is 23.1 Å². The fourth-order valence-electron chi connectivity index (χ4n) is 3.51. The minimum Gasteiger partial charge on any atom is -0.467 e. The zero-order valence-electron chi connectivity index (χ0n) is 19.7. The Morgan fingerprint density at radius 2 is 1.62 bits per heavy atom. The molecular weight excluding hydrogens is 435 g/mol. The summed E-state index contributed by atoms with van der Waals surface area (Å²) in [7, 11) is 0. The third kappa shape index (κ3) is 8.15. The van der Waals surface area contributed by atoms with Crippen LogP contribution in [0.2, 0.25) is 0 Å². The molecule has 1 aromatic heterocycles. The van der Waals surface area contributed by atoms with Crippen molar-refractivity contribution in [3.05, 3.63) is 95.7 Å². The van der Waals surface area contributed by atoms with Gasteiger partial charge in [-0.3, -0.25) is 9.59 Å². The van der Waals surface area contributed by atoms with Gasteiger partial charge in [0.15, 0.2) is 0 Å². The zero-order chi connectivity index (χ0) is 24.3. The summed E-state index contributed by atoms with van der Waals surface area (Å²) >= 11 is 0. The lowest BCUT2D eigenvalue weighted by Gasteiger charge is -2.28. The van der Waals surface area contributed by atoms with Crippen molar-refractivity contribution in [2.24, 2.45) is 5.92 Å². The SMILES string of the molecule is CC(C)CN(CC(=O)N(Cc1ccc(F)cc1)Cc1ccco1)C(=O)COCc1ccccc1.